The molecule has 120 valence electrons. The Morgan fingerprint density at radius 1 is 1.50 bits per heavy atom. The smallest absolute Gasteiger partial charge is 0.327 e. The minimum absolute atomic E-state index is 0.197. The number of carboxylic acid groups (broad SMARTS) is 1. The first-order valence-corrected chi connectivity index (χ1v) is 7.88. The molecule has 1 N–H and O–H groups in total. The van der Waals surface area contributed by atoms with Crippen LogP contribution in [0.1, 0.15) is 25.6 Å². The summed E-state index contributed by atoms with van der Waals surface area (Å²) in [5.74, 6) is -1.16. The molecule has 9 heteroatoms. The van der Waals surface area contributed by atoms with Gasteiger partial charge in [-0.1, -0.05) is 5.21 Å². The van der Waals surface area contributed by atoms with Crippen molar-refractivity contribution in [2.45, 2.75) is 42.6 Å². The van der Waals surface area contributed by atoms with Gasteiger partial charge in [-0.15, -0.1) is 16.9 Å². The Hall–Kier alpha value is -1.61. The van der Waals surface area contributed by atoms with E-state index in [1.165, 1.54) is 16.7 Å². The number of thioether (sulfide) groups is 1. The average molecular weight is 325 g/mol. The molecule has 3 atom stereocenters. The van der Waals surface area contributed by atoms with Crippen LogP contribution in [0.5, 0.6) is 0 Å². The summed E-state index contributed by atoms with van der Waals surface area (Å²) in [6.07, 6.45) is 1.77. The molecule has 0 aromatic carbocycles. The maximum absolute atomic E-state index is 12.4. The molecular weight excluding hydrogens is 306 g/mol. The molecule has 2 saturated heterocycles. The van der Waals surface area contributed by atoms with Gasteiger partial charge in [0.25, 0.3) is 5.91 Å². The van der Waals surface area contributed by atoms with E-state index in [9.17, 15) is 14.7 Å². The van der Waals surface area contributed by atoms with Gasteiger partial charge in [0.05, 0.1) is 11.9 Å². The summed E-state index contributed by atoms with van der Waals surface area (Å²) < 4.78 is 1.05. The van der Waals surface area contributed by atoms with Crippen molar-refractivity contribution >= 4 is 23.6 Å². The number of hydrogen-bond acceptors (Lipinski definition) is 6. The number of carbonyl (C=O) groups excluding carboxylic acids is 1. The molecule has 2 fully saturated rings. The average Bonchev–Trinajstić information content (AvgIpc) is 2.90. The molecule has 1 aromatic heterocycles. The number of aliphatic carboxylic acids is 1. The van der Waals surface area contributed by atoms with Crippen LogP contribution >= 0.6 is 11.8 Å². The Labute approximate surface area is 132 Å². The third kappa shape index (κ3) is 2.19. The summed E-state index contributed by atoms with van der Waals surface area (Å²) in [7, 11) is 3.87. The lowest BCUT2D eigenvalue weighted by atomic mass is 9.96. The highest BCUT2D eigenvalue weighted by molar-refractivity contribution is 8.01. The van der Waals surface area contributed by atoms with Gasteiger partial charge < -0.3 is 14.9 Å². The van der Waals surface area contributed by atoms with Gasteiger partial charge in [-0.2, -0.15) is 0 Å². The van der Waals surface area contributed by atoms with Crippen molar-refractivity contribution < 1.29 is 14.7 Å². The SMILES string of the molecule is CN(C)Cc1cn([C@@H]2C(=O)N3[C@@H]2SC(C)(C)[C@@H]3C(=O)O)nn1. The van der Waals surface area contributed by atoms with Gasteiger partial charge >= 0.3 is 5.97 Å². The molecule has 8 nitrogen and oxygen atoms in total. The fraction of sp³-hybridized carbons (Fsp3) is 0.692. The summed E-state index contributed by atoms with van der Waals surface area (Å²) in [5.41, 5.74) is 0.785. The highest BCUT2D eigenvalue weighted by Gasteiger charge is 2.64. The van der Waals surface area contributed by atoms with E-state index in [1.807, 2.05) is 32.8 Å². The van der Waals surface area contributed by atoms with E-state index >= 15 is 0 Å². The number of fused-ring (bicyclic) bond motifs is 1. The van der Waals surface area contributed by atoms with Crippen LogP contribution in [0.4, 0.5) is 0 Å². The lowest BCUT2D eigenvalue weighted by Gasteiger charge is -2.42. The molecule has 2 aliphatic rings. The maximum Gasteiger partial charge on any atom is 0.327 e. The number of nitrogens with zero attached hydrogens (tertiary/aromatic N) is 5. The fourth-order valence-electron chi connectivity index (χ4n) is 3.08. The second-order valence-corrected chi connectivity index (χ2v) is 8.24. The zero-order valence-electron chi connectivity index (χ0n) is 12.9. The van der Waals surface area contributed by atoms with Crippen molar-refractivity contribution in [3.05, 3.63) is 11.9 Å². The van der Waals surface area contributed by atoms with E-state index in [4.69, 9.17) is 0 Å². The second kappa shape index (κ2) is 4.95. The highest BCUT2D eigenvalue weighted by atomic mass is 32.2. The van der Waals surface area contributed by atoms with Crippen molar-refractivity contribution in [3.63, 3.8) is 0 Å². The quantitative estimate of drug-likeness (QED) is 0.781. The molecule has 1 amide bonds. The van der Waals surface area contributed by atoms with Crippen LogP contribution in [0, 0.1) is 0 Å². The van der Waals surface area contributed by atoms with Gasteiger partial charge in [-0.3, -0.25) is 4.79 Å². The molecule has 3 heterocycles. The molecule has 0 spiro atoms. The van der Waals surface area contributed by atoms with Crippen molar-refractivity contribution in [1.29, 1.82) is 0 Å². The Morgan fingerprint density at radius 2 is 2.18 bits per heavy atom. The number of β-lactam (4-membered cyclic amide) rings is 1. The minimum Gasteiger partial charge on any atom is -0.480 e. The lowest BCUT2D eigenvalue weighted by Crippen LogP contribution is -2.62. The van der Waals surface area contributed by atoms with Crippen molar-refractivity contribution in [2.75, 3.05) is 14.1 Å². The van der Waals surface area contributed by atoms with Gasteiger partial charge in [-0.25, -0.2) is 9.48 Å². The van der Waals surface area contributed by atoms with Crippen LogP contribution in [0.25, 0.3) is 0 Å². The number of carbonyl (C=O) groups is 2. The van der Waals surface area contributed by atoms with Crippen LogP contribution in [-0.4, -0.2) is 72.0 Å². The molecule has 0 unspecified atom stereocenters. The van der Waals surface area contributed by atoms with Crippen LogP contribution in [-0.2, 0) is 16.1 Å². The van der Waals surface area contributed by atoms with Crippen molar-refractivity contribution in [1.82, 2.24) is 24.8 Å². The second-order valence-electron chi connectivity index (χ2n) is 6.47. The first-order chi connectivity index (χ1) is 10.2. The normalized spacial score (nSPS) is 29.6. The minimum atomic E-state index is -0.960. The van der Waals surface area contributed by atoms with Crippen LogP contribution in [0.2, 0.25) is 0 Å². The predicted octanol–water partition coefficient (Wildman–Crippen LogP) is 0.0277. The largest absolute Gasteiger partial charge is 0.480 e. The Balaban J connectivity index is 1.83. The summed E-state index contributed by atoms with van der Waals surface area (Å²) in [6.45, 7) is 4.36. The standard InChI is InChI=1S/C13H19N5O3S/c1-13(2)9(12(20)21)18-10(19)8(11(18)22-13)17-6-7(14-15-17)5-16(3)4/h6,8-9,11H,5H2,1-4H3,(H,20,21)/t8-,9+,11-/m1/s1. The molecule has 2 aliphatic heterocycles. The van der Waals surface area contributed by atoms with Gasteiger partial charge in [0, 0.05) is 11.3 Å². The number of carboxylic acids is 1. The molecular formula is C13H19N5O3S. The molecule has 0 aliphatic carbocycles. The third-order valence-corrected chi connectivity index (χ3v) is 5.52. The van der Waals surface area contributed by atoms with E-state index in [0.717, 1.165) is 5.69 Å². The fourth-order valence-corrected chi connectivity index (χ4v) is 4.76. The molecule has 0 bridgehead atoms. The summed E-state index contributed by atoms with van der Waals surface area (Å²) >= 11 is 1.51. The first-order valence-electron chi connectivity index (χ1n) is 7.00. The van der Waals surface area contributed by atoms with E-state index < -0.39 is 22.8 Å². The zero-order valence-corrected chi connectivity index (χ0v) is 13.7. The number of aromatic nitrogens is 3. The maximum atomic E-state index is 12.4. The molecule has 0 radical (unpaired) electrons. The molecule has 3 rings (SSSR count). The van der Waals surface area contributed by atoms with E-state index in [1.54, 1.807) is 10.9 Å². The van der Waals surface area contributed by atoms with Crippen molar-refractivity contribution in [2.24, 2.45) is 0 Å². The van der Waals surface area contributed by atoms with Gasteiger partial charge in [0.1, 0.15) is 11.4 Å². The lowest BCUT2D eigenvalue weighted by molar-refractivity contribution is -0.162. The number of rotatable bonds is 4. The van der Waals surface area contributed by atoms with E-state index in [-0.39, 0.29) is 11.3 Å². The summed E-state index contributed by atoms with van der Waals surface area (Å²) in [6, 6.07) is -1.26. The first kappa shape index (κ1) is 15.3. The summed E-state index contributed by atoms with van der Waals surface area (Å²) in [5, 5.41) is 17.3. The number of hydrogen-bond donors (Lipinski definition) is 1. The number of amides is 1. The molecule has 22 heavy (non-hydrogen) atoms. The van der Waals surface area contributed by atoms with Crippen molar-refractivity contribution in [3.8, 4) is 0 Å². The van der Waals surface area contributed by atoms with Gasteiger partial charge in [-0.05, 0) is 27.9 Å². The van der Waals surface area contributed by atoms with E-state index in [0.29, 0.717) is 6.54 Å². The van der Waals surface area contributed by atoms with Gasteiger partial charge in [0.2, 0.25) is 0 Å². The van der Waals surface area contributed by atoms with Crippen LogP contribution in [0.3, 0.4) is 0 Å². The Morgan fingerprint density at radius 3 is 2.77 bits per heavy atom. The monoisotopic (exact) mass is 325 g/mol. The molecule has 0 saturated carbocycles. The Kier molecular flexibility index (Phi) is 3.44. The van der Waals surface area contributed by atoms with Crippen LogP contribution in [0.15, 0.2) is 6.20 Å². The topological polar surface area (TPSA) is 91.6 Å². The zero-order chi connectivity index (χ0) is 16.2. The highest BCUT2D eigenvalue weighted by Crippen LogP contribution is 2.54. The van der Waals surface area contributed by atoms with E-state index in [2.05, 4.69) is 10.3 Å². The third-order valence-electron chi connectivity index (χ3n) is 3.97. The van der Waals surface area contributed by atoms with Gasteiger partial charge in [0.15, 0.2) is 6.04 Å². The molecule has 1 aromatic rings. The Bertz CT molecular complexity index is 629. The summed E-state index contributed by atoms with van der Waals surface area (Å²) in [4.78, 5) is 27.3. The van der Waals surface area contributed by atoms with Crippen LogP contribution < -0.4 is 0 Å². The predicted molar refractivity (Wildman–Crippen MR) is 80.2 cm³/mol.